The standard InChI is InChI=1S/C13H12N2O3/c16-13(12-8-17-12)14-7-10-6-11(15-18-10)9-4-2-1-3-5-9/h1-6,12H,7-8H2,(H,14,16). The van der Waals surface area contributed by atoms with E-state index in [1.54, 1.807) is 0 Å². The van der Waals surface area contributed by atoms with E-state index in [0.717, 1.165) is 11.3 Å². The number of amides is 1. The van der Waals surface area contributed by atoms with Crippen molar-refractivity contribution in [2.24, 2.45) is 0 Å². The lowest BCUT2D eigenvalue weighted by Gasteiger charge is -1.97. The summed E-state index contributed by atoms with van der Waals surface area (Å²) in [5, 5.41) is 6.70. The highest BCUT2D eigenvalue weighted by atomic mass is 16.6. The zero-order valence-electron chi connectivity index (χ0n) is 9.63. The predicted octanol–water partition coefficient (Wildman–Crippen LogP) is 1.36. The van der Waals surface area contributed by atoms with Crippen LogP contribution in [-0.2, 0) is 16.1 Å². The molecule has 3 rings (SSSR count). The number of epoxide rings is 1. The van der Waals surface area contributed by atoms with Crippen LogP contribution in [0.25, 0.3) is 11.3 Å². The molecule has 1 atom stereocenters. The van der Waals surface area contributed by atoms with Gasteiger partial charge in [0.1, 0.15) is 5.69 Å². The molecule has 1 aromatic heterocycles. The largest absolute Gasteiger partial charge is 0.363 e. The number of hydrogen-bond acceptors (Lipinski definition) is 4. The Morgan fingerprint density at radius 3 is 2.89 bits per heavy atom. The minimum atomic E-state index is -0.276. The first-order valence-electron chi connectivity index (χ1n) is 5.73. The van der Waals surface area contributed by atoms with Crippen LogP contribution in [0.2, 0.25) is 0 Å². The average Bonchev–Trinajstić information content (AvgIpc) is 3.16. The van der Waals surface area contributed by atoms with E-state index in [4.69, 9.17) is 9.26 Å². The SMILES string of the molecule is O=C(NCc1cc(-c2ccccc2)no1)C1CO1. The normalized spacial score (nSPS) is 17.4. The Morgan fingerprint density at radius 2 is 2.17 bits per heavy atom. The second kappa shape index (κ2) is 4.62. The van der Waals surface area contributed by atoms with Gasteiger partial charge in [-0.2, -0.15) is 0 Å². The number of nitrogens with zero attached hydrogens (tertiary/aromatic N) is 1. The predicted molar refractivity (Wildman–Crippen MR) is 63.5 cm³/mol. The lowest BCUT2D eigenvalue weighted by atomic mass is 10.1. The smallest absolute Gasteiger partial charge is 0.251 e. The summed E-state index contributed by atoms with van der Waals surface area (Å²) in [6.45, 7) is 0.843. The molecule has 1 aliphatic heterocycles. The molecule has 5 heteroatoms. The summed E-state index contributed by atoms with van der Waals surface area (Å²) >= 11 is 0. The molecule has 1 N–H and O–H groups in total. The molecule has 0 radical (unpaired) electrons. The minimum absolute atomic E-state index is 0.104. The Hall–Kier alpha value is -2.14. The quantitative estimate of drug-likeness (QED) is 0.824. The third kappa shape index (κ3) is 2.41. The van der Waals surface area contributed by atoms with E-state index in [0.29, 0.717) is 18.9 Å². The van der Waals surface area contributed by atoms with Gasteiger partial charge in [-0.1, -0.05) is 35.5 Å². The van der Waals surface area contributed by atoms with Crippen molar-refractivity contribution < 1.29 is 14.1 Å². The van der Waals surface area contributed by atoms with Gasteiger partial charge in [-0.05, 0) is 0 Å². The molecule has 18 heavy (non-hydrogen) atoms. The lowest BCUT2D eigenvalue weighted by Crippen LogP contribution is -2.27. The van der Waals surface area contributed by atoms with Crippen LogP contribution in [0, 0.1) is 0 Å². The topological polar surface area (TPSA) is 67.7 Å². The summed E-state index contributed by atoms with van der Waals surface area (Å²) in [6, 6.07) is 11.6. The zero-order valence-corrected chi connectivity index (χ0v) is 9.63. The Labute approximate surface area is 104 Å². The number of aromatic nitrogens is 1. The molecule has 0 saturated carbocycles. The van der Waals surface area contributed by atoms with Crippen molar-refractivity contribution >= 4 is 5.91 Å². The Morgan fingerprint density at radius 1 is 1.39 bits per heavy atom. The third-order valence-electron chi connectivity index (χ3n) is 2.69. The van der Waals surface area contributed by atoms with Gasteiger partial charge in [0.15, 0.2) is 11.9 Å². The summed E-state index contributed by atoms with van der Waals surface area (Å²) in [6.07, 6.45) is -0.276. The van der Waals surface area contributed by atoms with Crippen molar-refractivity contribution in [2.45, 2.75) is 12.6 Å². The Balaban J connectivity index is 1.64. The maximum absolute atomic E-state index is 11.4. The van der Waals surface area contributed by atoms with Gasteiger partial charge in [-0.15, -0.1) is 0 Å². The molecule has 1 unspecified atom stereocenters. The number of carbonyl (C=O) groups is 1. The molecule has 2 aromatic rings. The summed E-state index contributed by atoms with van der Waals surface area (Å²) in [5.74, 6) is 0.524. The van der Waals surface area contributed by atoms with Gasteiger partial charge in [0.05, 0.1) is 13.2 Å². The fourth-order valence-corrected chi connectivity index (χ4v) is 1.63. The highest BCUT2D eigenvalue weighted by molar-refractivity contribution is 5.82. The van der Waals surface area contributed by atoms with Gasteiger partial charge in [-0.3, -0.25) is 4.79 Å². The summed E-state index contributed by atoms with van der Waals surface area (Å²) in [7, 11) is 0. The first-order valence-corrected chi connectivity index (χ1v) is 5.73. The van der Waals surface area contributed by atoms with Gasteiger partial charge in [-0.25, -0.2) is 0 Å². The molecule has 0 bridgehead atoms. The van der Waals surface area contributed by atoms with Crippen LogP contribution < -0.4 is 5.32 Å². The molecule has 92 valence electrons. The van der Waals surface area contributed by atoms with E-state index >= 15 is 0 Å². The van der Waals surface area contributed by atoms with Crippen LogP contribution in [-0.4, -0.2) is 23.8 Å². The summed E-state index contributed by atoms with van der Waals surface area (Å²) < 4.78 is 10.0. The second-order valence-electron chi connectivity index (χ2n) is 4.08. The summed E-state index contributed by atoms with van der Waals surface area (Å²) in [4.78, 5) is 11.4. The maximum Gasteiger partial charge on any atom is 0.251 e. The molecule has 1 saturated heterocycles. The van der Waals surface area contributed by atoms with Crippen molar-refractivity contribution in [1.29, 1.82) is 0 Å². The van der Waals surface area contributed by atoms with Crippen LogP contribution in [0.3, 0.4) is 0 Å². The van der Waals surface area contributed by atoms with Gasteiger partial charge in [0.2, 0.25) is 0 Å². The van der Waals surface area contributed by atoms with Crippen molar-refractivity contribution in [1.82, 2.24) is 10.5 Å². The van der Waals surface area contributed by atoms with Crippen molar-refractivity contribution in [3.8, 4) is 11.3 Å². The number of carbonyl (C=O) groups excluding carboxylic acids is 1. The van der Waals surface area contributed by atoms with Crippen molar-refractivity contribution in [3.63, 3.8) is 0 Å². The maximum atomic E-state index is 11.4. The molecule has 1 amide bonds. The fraction of sp³-hybridized carbons (Fsp3) is 0.231. The average molecular weight is 244 g/mol. The highest BCUT2D eigenvalue weighted by Gasteiger charge is 2.31. The molecular formula is C13H12N2O3. The number of ether oxygens (including phenoxy) is 1. The van der Waals surface area contributed by atoms with E-state index in [-0.39, 0.29) is 12.0 Å². The number of nitrogens with one attached hydrogen (secondary N) is 1. The molecule has 2 heterocycles. The molecule has 5 nitrogen and oxygen atoms in total. The lowest BCUT2D eigenvalue weighted by molar-refractivity contribution is -0.122. The van der Waals surface area contributed by atoms with Crippen LogP contribution in [0.4, 0.5) is 0 Å². The van der Waals surface area contributed by atoms with Crippen molar-refractivity contribution in [2.75, 3.05) is 6.61 Å². The molecular weight excluding hydrogens is 232 g/mol. The molecule has 1 fully saturated rings. The monoisotopic (exact) mass is 244 g/mol. The molecule has 1 aliphatic rings. The van der Waals surface area contributed by atoms with E-state index in [1.165, 1.54) is 0 Å². The molecule has 0 aliphatic carbocycles. The highest BCUT2D eigenvalue weighted by Crippen LogP contribution is 2.18. The van der Waals surface area contributed by atoms with Crippen molar-refractivity contribution in [3.05, 3.63) is 42.2 Å². The first-order chi connectivity index (χ1) is 8.83. The number of hydrogen-bond donors (Lipinski definition) is 1. The zero-order chi connectivity index (χ0) is 12.4. The van der Waals surface area contributed by atoms with E-state index in [9.17, 15) is 4.79 Å². The summed E-state index contributed by atoms with van der Waals surface area (Å²) in [5.41, 5.74) is 1.76. The number of rotatable bonds is 4. The van der Waals surface area contributed by atoms with E-state index in [1.807, 2.05) is 36.4 Å². The van der Waals surface area contributed by atoms with E-state index in [2.05, 4.69) is 10.5 Å². The minimum Gasteiger partial charge on any atom is -0.363 e. The van der Waals surface area contributed by atoms with Gasteiger partial charge >= 0.3 is 0 Å². The second-order valence-corrected chi connectivity index (χ2v) is 4.08. The first kappa shape index (κ1) is 11.0. The van der Waals surface area contributed by atoms with Gasteiger partial charge in [0, 0.05) is 11.6 Å². The Bertz CT molecular complexity index is 546. The van der Waals surface area contributed by atoms with Crippen LogP contribution in [0.1, 0.15) is 5.76 Å². The van der Waals surface area contributed by atoms with Gasteiger partial charge < -0.3 is 14.6 Å². The third-order valence-corrected chi connectivity index (χ3v) is 2.69. The van der Waals surface area contributed by atoms with Crippen LogP contribution >= 0.6 is 0 Å². The Kier molecular flexibility index (Phi) is 2.82. The van der Waals surface area contributed by atoms with Crippen LogP contribution in [0.15, 0.2) is 40.9 Å². The van der Waals surface area contributed by atoms with Crippen LogP contribution in [0.5, 0.6) is 0 Å². The number of benzene rings is 1. The molecule has 1 aromatic carbocycles. The van der Waals surface area contributed by atoms with E-state index < -0.39 is 0 Å². The van der Waals surface area contributed by atoms with Gasteiger partial charge in [0.25, 0.3) is 5.91 Å². The fourth-order valence-electron chi connectivity index (χ4n) is 1.63. The molecule has 0 spiro atoms.